The lowest BCUT2D eigenvalue weighted by Gasteiger charge is -2.26. The first-order chi connectivity index (χ1) is 16.5. The average Bonchev–Trinajstić information content (AvgIpc) is 3.62. The van der Waals surface area contributed by atoms with Gasteiger partial charge in [0.1, 0.15) is 17.3 Å². The fraction of sp³-hybridized carbons (Fsp3) is 0.370. The molecular formula is C27H31N5O2. The molecule has 0 atom stereocenters. The van der Waals surface area contributed by atoms with Crippen LogP contribution in [0, 0.1) is 0 Å². The predicted molar refractivity (Wildman–Crippen MR) is 133 cm³/mol. The highest BCUT2D eigenvalue weighted by molar-refractivity contribution is 5.50. The fourth-order valence-electron chi connectivity index (χ4n) is 4.04. The van der Waals surface area contributed by atoms with Crippen LogP contribution in [0.3, 0.4) is 0 Å². The number of aromatic nitrogens is 4. The van der Waals surface area contributed by atoms with Gasteiger partial charge in [0.05, 0.1) is 19.9 Å². The van der Waals surface area contributed by atoms with E-state index in [4.69, 9.17) is 24.5 Å². The average molecular weight is 458 g/mol. The van der Waals surface area contributed by atoms with E-state index in [0.29, 0.717) is 24.8 Å². The first-order valence-corrected chi connectivity index (χ1v) is 11.8. The largest absolute Gasteiger partial charge is 0.497 e. The third-order valence-corrected chi connectivity index (χ3v) is 6.25. The highest BCUT2D eigenvalue weighted by Crippen LogP contribution is 2.38. The van der Waals surface area contributed by atoms with E-state index in [2.05, 4.69) is 49.1 Å². The van der Waals surface area contributed by atoms with Crippen LogP contribution in [0.15, 0.2) is 54.6 Å². The summed E-state index contributed by atoms with van der Waals surface area (Å²) in [4.78, 5) is 12.0. The second kappa shape index (κ2) is 9.33. The van der Waals surface area contributed by atoms with Crippen LogP contribution in [-0.2, 0) is 13.1 Å². The minimum absolute atomic E-state index is 0.286. The number of methoxy groups -OCH3 is 2. The van der Waals surface area contributed by atoms with Gasteiger partial charge in [0.2, 0.25) is 0 Å². The van der Waals surface area contributed by atoms with Crippen LogP contribution in [-0.4, -0.2) is 33.8 Å². The molecule has 1 aliphatic rings. The minimum Gasteiger partial charge on any atom is -0.497 e. The van der Waals surface area contributed by atoms with Gasteiger partial charge in [-0.15, -0.1) is 5.10 Å². The molecule has 1 aliphatic carbocycles. The van der Waals surface area contributed by atoms with E-state index in [9.17, 15) is 0 Å². The van der Waals surface area contributed by atoms with E-state index in [-0.39, 0.29) is 5.92 Å². The lowest BCUT2D eigenvalue weighted by atomic mass is 10.1. The molecule has 0 radical (unpaired) electrons. The van der Waals surface area contributed by atoms with Gasteiger partial charge in [0.15, 0.2) is 5.82 Å². The summed E-state index contributed by atoms with van der Waals surface area (Å²) in [5.41, 5.74) is 3.40. The SMILES string of the molecule is COc1ccc(CN(Cc2ccc(OC)cc2)c2cc(C(C)C)nc3nc(C4CC4)nn23)cc1. The maximum atomic E-state index is 5.35. The Hall–Kier alpha value is -3.61. The summed E-state index contributed by atoms with van der Waals surface area (Å²) < 4.78 is 12.6. The normalized spacial score (nSPS) is 13.4. The summed E-state index contributed by atoms with van der Waals surface area (Å²) in [5, 5.41) is 4.90. The predicted octanol–water partition coefficient (Wildman–Crippen LogP) is 5.35. The third kappa shape index (κ3) is 4.69. The van der Waals surface area contributed by atoms with E-state index in [1.54, 1.807) is 14.2 Å². The standard InChI is InChI=1S/C27H31N5O2/c1-18(2)24-15-25(32-27(28-24)29-26(30-32)21-9-10-21)31(16-19-5-11-22(33-3)12-6-19)17-20-7-13-23(34-4)14-8-20/h5-8,11-15,18,21H,9-10,16-17H2,1-4H3. The molecule has 176 valence electrons. The van der Waals surface area contributed by atoms with Crippen LogP contribution in [0.25, 0.3) is 5.78 Å². The molecule has 2 aromatic heterocycles. The monoisotopic (exact) mass is 457 g/mol. The van der Waals surface area contributed by atoms with Crippen molar-refractivity contribution >= 4 is 11.6 Å². The molecule has 34 heavy (non-hydrogen) atoms. The van der Waals surface area contributed by atoms with Crippen molar-refractivity contribution in [2.24, 2.45) is 0 Å². The number of nitrogens with zero attached hydrogens (tertiary/aromatic N) is 5. The first-order valence-electron chi connectivity index (χ1n) is 11.8. The quantitative estimate of drug-likeness (QED) is 0.338. The molecule has 4 aromatic rings. The second-order valence-electron chi connectivity index (χ2n) is 9.20. The summed E-state index contributed by atoms with van der Waals surface area (Å²) in [6.07, 6.45) is 2.31. The van der Waals surface area contributed by atoms with Gasteiger partial charge in [-0.05, 0) is 54.2 Å². The zero-order valence-corrected chi connectivity index (χ0v) is 20.2. The van der Waals surface area contributed by atoms with Gasteiger partial charge in [-0.1, -0.05) is 38.1 Å². The van der Waals surface area contributed by atoms with Crippen molar-refractivity contribution < 1.29 is 9.47 Å². The molecule has 7 heteroatoms. The molecule has 2 heterocycles. The van der Waals surface area contributed by atoms with Crippen LogP contribution in [0.2, 0.25) is 0 Å². The number of fused-ring (bicyclic) bond motifs is 1. The van der Waals surface area contributed by atoms with Crippen molar-refractivity contribution in [3.05, 3.63) is 77.2 Å². The molecule has 0 aliphatic heterocycles. The molecule has 7 nitrogen and oxygen atoms in total. The van der Waals surface area contributed by atoms with Crippen LogP contribution in [0.5, 0.6) is 11.5 Å². The van der Waals surface area contributed by atoms with Crippen molar-refractivity contribution in [1.82, 2.24) is 19.6 Å². The topological polar surface area (TPSA) is 64.8 Å². The van der Waals surface area contributed by atoms with Gasteiger partial charge in [0, 0.05) is 25.1 Å². The van der Waals surface area contributed by atoms with Gasteiger partial charge in [0.25, 0.3) is 5.78 Å². The maximum Gasteiger partial charge on any atom is 0.254 e. The van der Waals surface area contributed by atoms with E-state index in [1.165, 1.54) is 11.1 Å². The third-order valence-electron chi connectivity index (χ3n) is 6.25. The smallest absolute Gasteiger partial charge is 0.254 e. The molecule has 1 fully saturated rings. The lowest BCUT2D eigenvalue weighted by Crippen LogP contribution is -2.25. The molecule has 0 bridgehead atoms. The Morgan fingerprint density at radius 2 is 1.44 bits per heavy atom. The summed E-state index contributed by atoms with van der Waals surface area (Å²) in [5.74, 6) is 5.04. The lowest BCUT2D eigenvalue weighted by molar-refractivity contribution is 0.414. The summed E-state index contributed by atoms with van der Waals surface area (Å²) in [7, 11) is 3.38. The number of hydrogen-bond donors (Lipinski definition) is 0. The van der Waals surface area contributed by atoms with Crippen LogP contribution < -0.4 is 14.4 Å². The van der Waals surface area contributed by atoms with Crippen LogP contribution in [0.1, 0.15) is 61.2 Å². The Balaban J connectivity index is 1.58. The second-order valence-corrected chi connectivity index (χ2v) is 9.20. The van der Waals surface area contributed by atoms with Gasteiger partial charge in [-0.3, -0.25) is 0 Å². The Morgan fingerprint density at radius 1 is 0.882 bits per heavy atom. The molecule has 5 rings (SSSR count). The van der Waals surface area contributed by atoms with E-state index in [1.807, 2.05) is 28.8 Å². The highest BCUT2D eigenvalue weighted by Gasteiger charge is 2.29. The van der Waals surface area contributed by atoms with Gasteiger partial charge in [-0.2, -0.15) is 9.50 Å². The Bertz CT molecular complexity index is 1210. The van der Waals surface area contributed by atoms with E-state index >= 15 is 0 Å². The molecule has 1 saturated carbocycles. The Morgan fingerprint density at radius 3 is 1.91 bits per heavy atom. The first kappa shape index (κ1) is 22.2. The van der Waals surface area contributed by atoms with Crippen molar-refractivity contribution in [2.75, 3.05) is 19.1 Å². The Labute approximate surface area is 200 Å². The number of rotatable bonds is 9. The number of benzene rings is 2. The number of ether oxygens (including phenoxy) is 2. The summed E-state index contributed by atoms with van der Waals surface area (Å²) >= 11 is 0. The van der Waals surface area contributed by atoms with Gasteiger partial charge in [-0.25, -0.2) is 4.98 Å². The Kier molecular flexibility index (Phi) is 6.09. The van der Waals surface area contributed by atoms with E-state index < -0.39 is 0 Å². The fourth-order valence-corrected chi connectivity index (χ4v) is 4.04. The molecule has 0 spiro atoms. The zero-order valence-electron chi connectivity index (χ0n) is 20.2. The number of anilines is 1. The molecule has 2 aromatic carbocycles. The van der Waals surface area contributed by atoms with Gasteiger partial charge >= 0.3 is 0 Å². The summed E-state index contributed by atoms with van der Waals surface area (Å²) in [6, 6.07) is 18.6. The zero-order chi connectivity index (χ0) is 23.7. The number of hydrogen-bond acceptors (Lipinski definition) is 6. The summed E-state index contributed by atoms with van der Waals surface area (Å²) in [6.45, 7) is 5.76. The van der Waals surface area contributed by atoms with Gasteiger partial charge < -0.3 is 14.4 Å². The molecule has 0 saturated heterocycles. The maximum absolute atomic E-state index is 5.35. The molecule has 0 amide bonds. The van der Waals surface area contributed by atoms with Crippen molar-refractivity contribution in [2.45, 2.75) is 51.6 Å². The van der Waals surface area contributed by atoms with Crippen molar-refractivity contribution in [1.29, 1.82) is 0 Å². The van der Waals surface area contributed by atoms with Crippen molar-refractivity contribution in [3.8, 4) is 11.5 Å². The highest BCUT2D eigenvalue weighted by atomic mass is 16.5. The van der Waals surface area contributed by atoms with Crippen molar-refractivity contribution in [3.63, 3.8) is 0 Å². The van der Waals surface area contributed by atoms with Crippen LogP contribution in [0.4, 0.5) is 5.82 Å². The van der Waals surface area contributed by atoms with E-state index in [0.717, 1.165) is 41.7 Å². The molecular weight excluding hydrogens is 426 g/mol. The van der Waals surface area contributed by atoms with Crippen LogP contribution >= 0.6 is 0 Å². The minimum atomic E-state index is 0.286. The molecule has 0 N–H and O–H groups in total. The molecule has 0 unspecified atom stereocenters.